The molecule has 0 amide bonds. The standard InChI is InChI=1S/Cl.Li.H3O5PS/c;;1-6(2)7(3,4)5/h;;7H,(H2,3,4,5)/q2*+1;/p-2. The van der Waals surface area contributed by atoms with Crippen molar-refractivity contribution in [2.24, 2.45) is 0 Å². The molecule has 9 heavy (non-hydrogen) atoms. The zero-order valence-electron chi connectivity index (χ0n) is 4.31. The van der Waals surface area contributed by atoms with Crippen LogP contribution in [0.4, 0.5) is 0 Å². The van der Waals surface area contributed by atoms with Gasteiger partial charge in [0.05, 0.1) is 0 Å². The molecule has 0 spiro atoms. The van der Waals surface area contributed by atoms with Crippen LogP contribution in [0.1, 0.15) is 0 Å². The molecule has 2 radical (unpaired) electrons. The van der Waals surface area contributed by atoms with Crippen LogP contribution >= 0.6 is 6.88 Å². The van der Waals surface area contributed by atoms with E-state index in [0.29, 0.717) is 0 Å². The third-order valence-electron chi connectivity index (χ3n) is 0.200. The molecule has 0 bridgehead atoms. The van der Waals surface area contributed by atoms with Crippen molar-refractivity contribution in [1.82, 2.24) is 0 Å². The predicted molar refractivity (Wildman–Crippen MR) is 19.4 cm³/mol. The average Bonchev–Trinajstić information content (AvgIpc) is 1.31. The van der Waals surface area contributed by atoms with Crippen molar-refractivity contribution in [3.63, 3.8) is 0 Å². The van der Waals surface area contributed by atoms with Gasteiger partial charge in [-0.1, -0.05) is 0 Å². The van der Waals surface area contributed by atoms with Gasteiger partial charge in [-0.05, 0) is 0 Å². The topological polar surface area (TPSA) is 97.3 Å². The fraction of sp³-hybridized carbons (Fsp3) is 0. The summed E-state index contributed by atoms with van der Waals surface area (Å²) in [5.74, 6) is 0. The molecule has 5 nitrogen and oxygen atoms in total. The van der Waals surface area contributed by atoms with E-state index in [1.165, 1.54) is 0 Å². The van der Waals surface area contributed by atoms with Gasteiger partial charge >= 0.3 is 38.1 Å². The van der Waals surface area contributed by atoms with E-state index in [1.807, 2.05) is 0 Å². The second-order valence-corrected chi connectivity index (χ2v) is 4.57. The van der Waals surface area contributed by atoms with Crippen LogP contribution in [0.5, 0.6) is 0 Å². The molecule has 0 aromatic rings. The molecule has 0 saturated carbocycles. The monoisotopic (exact) mass is 186 g/mol. The van der Waals surface area contributed by atoms with Crippen LogP contribution in [-0.2, 0) is 19.2 Å². The van der Waals surface area contributed by atoms with Crippen molar-refractivity contribution < 1.29 is 53.7 Å². The van der Waals surface area contributed by atoms with Crippen LogP contribution < -0.4 is 18.9 Å². The Hall–Kier alpha value is 0.857. The van der Waals surface area contributed by atoms with E-state index in [4.69, 9.17) is 9.13 Å². The molecule has 0 aliphatic heterocycles. The third-order valence-corrected chi connectivity index (χ3v) is 1.80. The quantitative estimate of drug-likeness (QED) is 0.259. The summed E-state index contributed by atoms with van der Waals surface area (Å²) in [7, 11) is -5.28. The van der Waals surface area contributed by atoms with Gasteiger partial charge in [-0.3, -0.25) is 4.21 Å². The summed E-state index contributed by atoms with van der Waals surface area (Å²) in [4.78, 5) is 0. The van der Waals surface area contributed by atoms with Gasteiger partial charge in [0, 0.05) is 0 Å². The van der Waals surface area contributed by atoms with Crippen LogP contribution in [0.15, 0.2) is 0 Å². The summed E-state index contributed by atoms with van der Waals surface area (Å²) in [5.41, 5.74) is 0. The Morgan fingerprint density at radius 1 is 1.22 bits per heavy atom. The number of hydrogen-bond acceptors (Lipinski definition) is 5. The first-order valence-corrected chi connectivity index (χ1v) is 4.54. The number of hydrogen-bond donors (Lipinski definition) is 1. The summed E-state index contributed by atoms with van der Waals surface area (Å²) in [6, 6.07) is 0. The molecule has 0 atom stereocenters. The molecule has 0 rings (SSSR count). The van der Waals surface area contributed by atoms with Crippen LogP contribution in [0, 0.1) is 12.4 Å². The molecule has 0 unspecified atom stereocenters. The fourth-order valence-corrected chi connectivity index (χ4v) is 0. The van der Waals surface area contributed by atoms with Gasteiger partial charge in [0.15, 0.2) is 0 Å². The zero-order chi connectivity index (χ0) is 6.08. The summed E-state index contributed by atoms with van der Waals surface area (Å²) in [6.07, 6.45) is 0. The fourth-order valence-electron chi connectivity index (χ4n) is 0. The predicted octanol–water partition coefficient (Wildman–Crippen LogP) is -3.64. The summed E-state index contributed by atoms with van der Waals surface area (Å²) < 4.78 is 46.0. The van der Waals surface area contributed by atoms with Gasteiger partial charge in [-0.25, -0.2) is 9.13 Å². The Bertz CT molecular complexity index is 160. The van der Waals surface area contributed by atoms with Crippen LogP contribution in [0.3, 0.4) is 0 Å². The molecule has 9 heteroatoms. The van der Waals surface area contributed by atoms with E-state index in [0.717, 1.165) is 0 Å². The van der Waals surface area contributed by atoms with Gasteiger partial charge in [-0.15, -0.1) is 10.1 Å². The molecule has 0 aromatic heterocycles. The van der Waals surface area contributed by atoms with Gasteiger partial charge < -0.3 is 9.11 Å². The molecule has 0 saturated heterocycles. The van der Waals surface area contributed by atoms with Crippen molar-refractivity contribution in [2.45, 2.75) is 0 Å². The maximum Gasteiger partial charge on any atom is 1.00 e. The summed E-state index contributed by atoms with van der Waals surface area (Å²) in [6.45, 7) is -3.80. The Morgan fingerprint density at radius 2 is 1.33 bits per heavy atom. The van der Waals surface area contributed by atoms with Crippen LogP contribution in [-0.4, -0.2) is 13.3 Å². The second kappa shape index (κ2) is 5.63. The van der Waals surface area contributed by atoms with Crippen LogP contribution in [0.25, 0.3) is 0 Å². The van der Waals surface area contributed by atoms with Crippen LogP contribution in [0.2, 0.25) is 0 Å². The summed E-state index contributed by atoms with van der Waals surface area (Å²) in [5, 5.41) is 0. The van der Waals surface area contributed by atoms with E-state index in [-0.39, 0.29) is 31.3 Å². The SMILES string of the molecule is O=P(=O)[SH](=O)([O-])[O-].[Cl+].[Li+]. The Labute approximate surface area is 70.8 Å². The van der Waals surface area contributed by atoms with E-state index in [2.05, 4.69) is 0 Å². The van der Waals surface area contributed by atoms with Crippen molar-refractivity contribution in [3.05, 3.63) is 0 Å². The molecule has 50 valence electrons. The third kappa shape index (κ3) is 8.86. The maximum absolute atomic E-state index is 9.21. The van der Waals surface area contributed by atoms with Crippen molar-refractivity contribution in [2.75, 3.05) is 0 Å². The van der Waals surface area contributed by atoms with E-state index in [1.54, 1.807) is 0 Å². The molecule has 0 fully saturated rings. The van der Waals surface area contributed by atoms with Gasteiger partial charge in [0.2, 0.25) is 0 Å². The maximum atomic E-state index is 9.21. The van der Waals surface area contributed by atoms with E-state index in [9.17, 15) is 13.3 Å². The van der Waals surface area contributed by atoms with Gasteiger partial charge in [0.25, 0.3) is 0 Å². The Morgan fingerprint density at radius 3 is 1.33 bits per heavy atom. The average molecular weight is 186 g/mol. The largest absolute Gasteiger partial charge is 1.00 e. The number of rotatable bonds is 1. The van der Waals surface area contributed by atoms with E-state index >= 15 is 0 Å². The molecular weight excluding hydrogens is 185 g/mol. The normalized spacial score (nSPS) is 10.4. The second-order valence-electron chi connectivity index (χ2n) is 0.706. The molecule has 0 heterocycles. The molecule has 0 aromatic carbocycles. The van der Waals surface area contributed by atoms with Crippen molar-refractivity contribution in [3.8, 4) is 0 Å². The minimum Gasteiger partial charge on any atom is -0.791 e. The smallest absolute Gasteiger partial charge is 0.791 e. The summed E-state index contributed by atoms with van der Waals surface area (Å²) >= 11 is 0. The first kappa shape index (κ1) is 16.4. The molecule has 0 N–H and O–H groups in total. The zero-order valence-corrected chi connectivity index (χ0v) is 6.86. The van der Waals surface area contributed by atoms with Crippen molar-refractivity contribution >= 4 is 17.0 Å². The van der Waals surface area contributed by atoms with E-state index < -0.39 is 17.0 Å². The Balaban J connectivity index is -0.000000180. The molecule has 0 aliphatic carbocycles. The van der Waals surface area contributed by atoms with Crippen molar-refractivity contribution in [1.29, 1.82) is 0 Å². The Kier molecular flexibility index (Phi) is 10.3. The minimum absolute atomic E-state index is 0. The number of halogens is 1. The minimum atomic E-state index is -5.28. The number of thiol groups is 1. The van der Waals surface area contributed by atoms with Gasteiger partial charge in [0.1, 0.15) is 0 Å². The first-order chi connectivity index (χ1) is 2.94. The molecular formula is HClLiO5PS. The molecule has 0 aliphatic rings. The van der Waals surface area contributed by atoms with Gasteiger partial charge in [-0.2, -0.15) is 0 Å². The first-order valence-electron chi connectivity index (χ1n) is 1.11.